The van der Waals surface area contributed by atoms with Gasteiger partial charge < -0.3 is 11.1 Å². The monoisotopic (exact) mass is 176 g/mol. The van der Waals surface area contributed by atoms with Gasteiger partial charge in [-0.3, -0.25) is 4.79 Å². The number of nitrogens with two attached hydrogens (primary N) is 1. The second-order valence-electron chi connectivity index (χ2n) is 2.78. The summed E-state index contributed by atoms with van der Waals surface area (Å²) in [6.07, 6.45) is 1.21. The number of carbonyl (C=O) groups excluding carboxylic acids is 1. The van der Waals surface area contributed by atoms with E-state index in [0.717, 1.165) is 5.56 Å². The van der Waals surface area contributed by atoms with E-state index in [-0.39, 0.29) is 5.91 Å². The van der Waals surface area contributed by atoms with Crippen LogP contribution in [0.5, 0.6) is 0 Å². The molecule has 0 atom stereocenters. The molecule has 1 rings (SSSR count). The lowest BCUT2D eigenvalue weighted by atomic mass is 10.2. The molecule has 0 aliphatic heterocycles. The van der Waals surface area contributed by atoms with Gasteiger partial charge in [0.1, 0.15) is 0 Å². The lowest BCUT2D eigenvalue weighted by Crippen LogP contribution is -2.09. The maximum absolute atomic E-state index is 10.9. The molecule has 3 nitrogen and oxygen atoms in total. The second-order valence-corrected chi connectivity index (χ2v) is 2.78. The van der Waals surface area contributed by atoms with E-state index in [1.807, 2.05) is 13.0 Å². The van der Waals surface area contributed by atoms with Gasteiger partial charge in [0.05, 0.1) is 11.4 Å². The van der Waals surface area contributed by atoms with Crippen LogP contribution in [0.2, 0.25) is 0 Å². The Bertz CT molecular complexity index is 345. The first-order valence-corrected chi connectivity index (χ1v) is 3.93. The molecule has 0 saturated heterocycles. The van der Waals surface area contributed by atoms with E-state index >= 15 is 0 Å². The van der Waals surface area contributed by atoms with Crippen molar-refractivity contribution < 1.29 is 4.79 Å². The molecule has 0 aliphatic rings. The molecule has 1 aromatic carbocycles. The lowest BCUT2D eigenvalue weighted by molar-refractivity contribution is -0.111. The summed E-state index contributed by atoms with van der Waals surface area (Å²) in [7, 11) is 0. The lowest BCUT2D eigenvalue weighted by Gasteiger charge is -2.06. The summed E-state index contributed by atoms with van der Waals surface area (Å²) in [6.45, 7) is 5.29. The molecule has 0 aromatic heterocycles. The Labute approximate surface area is 77.3 Å². The number of hydrogen-bond acceptors (Lipinski definition) is 2. The van der Waals surface area contributed by atoms with Gasteiger partial charge in [-0.25, -0.2) is 0 Å². The number of amides is 1. The van der Waals surface area contributed by atoms with Gasteiger partial charge in [0, 0.05) is 0 Å². The molecule has 1 aromatic rings. The highest BCUT2D eigenvalue weighted by atomic mass is 16.1. The predicted molar refractivity (Wildman–Crippen MR) is 54.4 cm³/mol. The van der Waals surface area contributed by atoms with E-state index in [4.69, 9.17) is 5.73 Å². The molecular formula is C10H12N2O. The van der Waals surface area contributed by atoms with Crippen molar-refractivity contribution in [2.24, 2.45) is 0 Å². The Morgan fingerprint density at radius 3 is 2.85 bits per heavy atom. The van der Waals surface area contributed by atoms with Crippen molar-refractivity contribution in [2.75, 3.05) is 11.1 Å². The summed E-state index contributed by atoms with van der Waals surface area (Å²) >= 11 is 0. The molecule has 3 N–H and O–H groups in total. The predicted octanol–water partition coefficient (Wildman–Crippen LogP) is 1.70. The minimum absolute atomic E-state index is 0.254. The molecule has 0 spiro atoms. The number of hydrogen-bond donors (Lipinski definition) is 2. The van der Waals surface area contributed by atoms with Crippen molar-refractivity contribution in [3.63, 3.8) is 0 Å². The Morgan fingerprint density at radius 2 is 2.31 bits per heavy atom. The number of benzene rings is 1. The molecule has 0 aliphatic carbocycles. The molecule has 3 heteroatoms. The van der Waals surface area contributed by atoms with Gasteiger partial charge in [0.2, 0.25) is 5.91 Å². The average Bonchev–Trinajstić information content (AvgIpc) is 2.09. The average molecular weight is 176 g/mol. The van der Waals surface area contributed by atoms with Gasteiger partial charge in [-0.2, -0.15) is 0 Å². The molecule has 0 unspecified atom stereocenters. The first kappa shape index (κ1) is 9.32. The maximum Gasteiger partial charge on any atom is 0.247 e. The standard InChI is InChI=1S/C10H12N2O/c1-3-10(13)12-9-5-4-7(2)6-8(9)11/h3-6H,1,11H2,2H3,(H,12,13). The number of nitrogen functional groups attached to an aromatic ring is 1. The normalized spacial score (nSPS) is 9.31. The van der Waals surface area contributed by atoms with Crippen LogP contribution in [-0.2, 0) is 4.79 Å². The number of aryl methyl sites for hydroxylation is 1. The van der Waals surface area contributed by atoms with Crippen molar-refractivity contribution >= 4 is 17.3 Å². The van der Waals surface area contributed by atoms with Gasteiger partial charge in [-0.15, -0.1) is 0 Å². The Kier molecular flexibility index (Phi) is 2.69. The summed E-state index contributed by atoms with van der Waals surface area (Å²) in [4.78, 5) is 10.9. The van der Waals surface area contributed by atoms with E-state index in [1.165, 1.54) is 6.08 Å². The van der Waals surface area contributed by atoms with Crippen LogP contribution in [0.25, 0.3) is 0 Å². The van der Waals surface area contributed by atoms with Gasteiger partial charge in [-0.05, 0) is 30.7 Å². The molecule has 13 heavy (non-hydrogen) atoms. The van der Waals surface area contributed by atoms with Crippen molar-refractivity contribution in [3.8, 4) is 0 Å². The zero-order valence-electron chi connectivity index (χ0n) is 7.50. The van der Waals surface area contributed by atoms with E-state index in [2.05, 4.69) is 11.9 Å². The van der Waals surface area contributed by atoms with E-state index < -0.39 is 0 Å². The molecule has 1 amide bonds. The van der Waals surface area contributed by atoms with Crippen LogP contribution in [0.1, 0.15) is 5.56 Å². The summed E-state index contributed by atoms with van der Waals surface area (Å²) in [6, 6.07) is 5.46. The van der Waals surface area contributed by atoms with Crippen LogP contribution in [0.15, 0.2) is 30.9 Å². The van der Waals surface area contributed by atoms with E-state index in [0.29, 0.717) is 11.4 Å². The topological polar surface area (TPSA) is 55.1 Å². The highest BCUT2D eigenvalue weighted by molar-refractivity contribution is 6.00. The third-order valence-electron chi connectivity index (χ3n) is 1.65. The first-order chi connectivity index (χ1) is 6.13. The number of anilines is 2. The van der Waals surface area contributed by atoms with E-state index in [9.17, 15) is 4.79 Å². The summed E-state index contributed by atoms with van der Waals surface area (Å²) in [5, 5.41) is 2.61. The molecular weight excluding hydrogens is 164 g/mol. The van der Waals surface area contributed by atoms with Gasteiger partial charge in [-0.1, -0.05) is 12.6 Å². The van der Waals surface area contributed by atoms with Crippen molar-refractivity contribution in [2.45, 2.75) is 6.92 Å². The number of nitrogens with one attached hydrogen (secondary N) is 1. The second kappa shape index (κ2) is 3.76. The Balaban J connectivity index is 2.89. The highest BCUT2D eigenvalue weighted by Crippen LogP contribution is 2.18. The smallest absolute Gasteiger partial charge is 0.247 e. The zero-order valence-corrected chi connectivity index (χ0v) is 7.50. The fourth-order valence-electron chi connectivity index (χ4n) is 0.980. The molecule has 68 valence electrons. The Morgan fingerprint density at radius 1 is 1.62 bits per heavy atom. The van der Waals surface area contributed by atoms with Crippen LogP contribution >= 0.6 is 0 Å². The maximum atomic E-state index is 10.9. The third kappa shape index (κ3) is 2.33. The quantitative estimate of drug-likeness (QED) is 0.532. The van der Waals surface area contributed by atoms with Crippen molar-refractivity contribution in [1.29, 1.82) is 0 Å². The summed E-state index contributed by atoms with van der Waals surface area (Å²) < 4.78 is 0. The zero-order chi connectivity index (χ0) is 9.84. The van der Waals surface area contributed by atoms with Gasteiger partial charge in [0.25, 0.3) is 0 Å². The SMILES string of the molecule is C=CC(=O)Nc1ccc(C)cc1N. The van der Waals surface area contributed by atoms with Crippen LogP contribution in [0, 0.1) is 6.92 Å². The first-order valence-electron chi connectivity index (χ1n) is 3.93. The van der Waals surface area contributed by atoms with Gasteiger partial charge >= 0.3 is 0 Å². The van der Waals surface area contributed by atoms with Crippen molar-refractivity contribution in [1.82, 2.24) is 0 Å². The third-order valence-corrected chi connectivity index (χ3v) is 1.65. The van der Waals surface area contributed by atoms with Crippen molar-refractivity contribution in [3.05, 3.63) is 36.4 Å². The van der Waals surface area contributed by atoms with Crippen LogP contribution in [0.3, 0.4) is 0 Å². The largest absolute Gasteiger partial charge is 0.397 e. The van der Waals surface area contributed by atoms with E-state index in [1.54, 1.807) is 12.1 Å². The van der Waals surface area contributed by atoms with Crippen LogP contribution in [-0.4, -0.2) is 5.91 Å². The van der Waals surface area contributed by atoms with Crippen LogP contribution < -0.4 is 11.1 Å². The summed E-state index contributed by atoms with van der Waals surface area (Å²) in [5.74, 6) is -0.254. The molecule has 0 radical (unpaired) electrons. The molecule has 0 saturated carbocycles. The fraction of sp³-hybridized carbons (Fsp3) is 0.100. The fourth-order valence-corrected chi connectivity index (χ4v) is 0.980. The van der Waals surface area contributed by atoms with Gasteiger partial charge in [0.15, 0.2) is 0 Å². The van der Waals surface area contributed by atoms with Crippen LogP contribution in [0.4, 0.5) is 11.4 Å². The number of rotatable bonds is 2. The molecule has 0 heterocycles. The Hall–Kier alpha value is -1.77. The minimum atomic E-state index is -0.254. The molecule has 0 fully saturated rings. The minimum Gasteiger partial charge on any atom is -0.397 e. The highest BCUT2D eigenvalue weighted by Gasteiger charge is 2.00. The summed E-state index contributed by atoms with van der Waals surface area (Å²) in [5.41, 5.74) is 7.93. The number of carbonyl (C=O) groups is 1. The molecule has 0 bridgehead atoms.